The molecule has 1 saturated heterocycles. The number of nitrogens with two attached hydrogens (primary N) is 1. The standard InChI is InChI=1S/C14H19BrN2/c15-13-6-10(7-16)4-5-14(13)17-8-11-2-1-3-12(11)9-17/h4-6,11-12H,1-3,7-9,16H2. The molecule has 1 aromatic rings. The summed E-state index contributed by atoms with van der Waals surface area (Å²) in [7, 11) is 0. The summed E-state index contributed by atoms with van der Waals surface area (Å²) in [4.78, 5) is 2.54. The van der Waals surface area contributed by atoms with E-state index in [1.807, 2.05) is 0 Å². The normalized spacial score (nSPS) is 27.5. The maximum atomic E-state index is 5.66. The molecular formula is C14H19BrN2. The van der Waals surface area contributed by atoms with E-state index in [1.165, 1.54) is 48.1 Å². The number of benzene rings is 1. The zero-order valence-electron chi connectivity index (χ0n) is 10.0. The summed E-state index contributed by atoms with van der Waals surface area (Å²) in [6, 6.07) is 6.52. The Labute approximate surface area is 111 Å². The van der Waals surface area contributed by atoms with E-state index in [-0.39, 0.29) is 0 Å². The average molecular weight is 295 g/mol. The van der Waals surface area contributed by atoms with Gasteiger partial charge in [0.2, 0.25) is 0 Å². The number of hydrogen-bond donors (Lipinski definition) is 1. The van der Waals surface area contributed by atoms with Gasteiger partial charge >= 0.3 is 0 Å². The van der Waals surface area contributed by atoms with E-state index >= 15 is 0 Å². The van der Waals surface area contributed by atoms with Gasteiger partial charge < -0.3 is 10.6 Å². The number of fused-ring (bicyclic) bond motifs is 1. The van der Waals surface area contributed by atoms with Crippen LogP contribution in [0.1, 0.15) is 24.8 Å². The van der Waals surface area contributed by atoms with Crippen LogP contribution in [0.25, 0.3) is 0 Å². The summed E-state index contributed by atoms with van der Waals surface area (Å²) in [6.07, 6.45) is 4.30. The zero-order valence-corrected chi connectivity index (χ0v) is 11.6. The quantitative estimate of drug-likeness (QED) is 0.908. The van der Waals surface area contributed by atoms with Crippen molar-refractivity contribution in [1.82, 2.24) is 0 Å². The summed E-state index contributed by atoms with van der Waals surface area (Å²) in [5.41, 5.74) is 8.20. The first-order valence-corrected chi connectivity index (χ1v) is 7.30. The summed E-state index contributed by atoms with van der Waals surface area (Å²) >= 11 is 3.68. The molecule has 2 unspecified atom stereocenters. The molecule has 92 valence electrons. The van der Waals surface area contributed by atoms with Crippen molar-refractivity contribution in [3.63, 3.8) is 0 Å². The Morgan fingerprint density at radius 3 is 2.53 bits per heavy atom. The second-order valence-corrected chi connectivity index (χ2v) is 6.20. The van der Waals surface area contributed by atoms with Gasteiger partial charge in [0.1, 0.15) is 0 Å². The fraction of sp³-hybridized carbons (Fsp3) is 0.571. The van der Waals surface area contributed by atoms with Crippen molar-refractivity contribution in [1.29, 1.82) is 0 Å². The fourth-order valence-corrected chi connectivity index (χ4v) is 4.04. The van der Waals surface area contributed by atoms with Gasteiger partial charge in [0, 0.05) is 24.1 Å². The van der Waals surface area contributed by atoms with Crippen LogP contribution in [0.5, 0.6) is 0 Å². The third kappa shape index (κ3) is 2.11. The van der Waals surface area contributed by atoms with Gasteiger partial charge in [-0.1, -0.05) is 12.5 Å². The van der Waals surface area contributed by atoms with Gasteiger partial charge in [0.15, 0.2) is 0 Å². The van der Waals surface area contributed by atoms with Crippen LogP contribution in [0.2, 0.25) is 0 Å². The van der Waals surface area contributed by atoms with E-state index in [0.29, 0.717) is 6.54 Å². The van der Waals surface area contributed by atoms with Crippen molar-refractivity contribution in [2.75, 3.05) is 18.0 Å². The second kappa shape index (κ2) is 4.62. The summed E-state index contributed by atoms with van der Waals surface area (Å²) in [5.74, 6) is 1.88. The lowest BCUT2D eigenvalue weighted by Gasteiger charge is -2.21. The molecule has 3 heteroatoms. The van der Waals surface area contributed by atoms with Crippen molar-refractivity contribution in [3.8, 4) is 0 Å². The number of anilines is 1. The van der Waals surface area contributed by atoms with Crippen LogP contribution >= 0.6 is 15.9 Å². The van der Waals surface area contributed by atoms with Gasteiger partial charge in [-0.3, -0.25) is 0 Å². The molecule has 1 aromatic carbocycles. The Morgan fingerprint density at radius 1 is 1.24 bits per heavy atom. The molecule has 2 nitrogen and oxygen atoms in total. The molecule has 1 heterocycles. The van der Waals surface area contributed by atoms with Crippen LogP contribution in [0, 0.1) is 11.8 Å². The maximum absolute atomic E-state index is 5.66. The number of rotatable bonds is 2. The predicted octanol–water partition coefficient (Wildman–Crippen LogP) is 3.14. The number of hydrogen-bond acceptors (Lipinski definition) is 2. The number of nitrogens with zero attached hydrogens (tertiary/aromatic N) is 1. The zero-order chi connectivity index (χ0) is 11.8. The van der Waals surface area contributed by atoms with Gasteiger partial charge in [-0.2, -0.15) is 0 Å². The summed E-state index contributed by atoms with van der Waals surface area (Å²) in [5, 5.41) is 0. The van der Waals surface area contributed by atoms with Gasteiger partial charge in [0.05, 0.1) is 5.69 Å². The Morgan fingerprint density at radius 2 is 1.94 bits per heavy atom. The molecule has 1 aliphatic heterocycles. The topological polar surface area (TPSA) is 29.3 Å². The van der Waals surface area contributed by atoms with E-state index < -0.39 is 0 Å². The highest BCUT2D eigenvalue weighted by Crippen LogP contribution is 2.41. The Balaban J connectivity index is 1.81. The van der Waals surface area contributed by atoms with Gasteiger partial charge in [-0.05, 0) is 58.3 Å². The lowest BCUT2D eigenvalue weighted by atomic mass is 10.0. The van der Waals surface area contributed by atoms with Crippen molar-refractivity contribution in [2.45, 2.75) is 25.8 Å². The highest BCUT2D eigenvalue weighted by Gasteiger charge is 2.36. The van der Waals surface area contributed by atoms with Crippen LogP contribution in [-0.2, 0) is 6.54 Å². The third-order valence-electron chi connectivity index (χ3n) is 4.31. The molecule has 17 heavy (non-hydrogen) atoms. The van der Waals surface area contributed by atoms with E-state index in [9.17, 15) is 0 Å². The molecular weight excluding hydrogens is 276 g/mol. The second-order valence-electron chi connectivity index (χ2n) is 5.35. The third-order valence-corrected chi connectivity index (χ3v) is 4.95. The molecule has 0 spiro atoms. The van der Waals surface area contributed by atoms with Crippen LogP contribution in [0.4, 0.5) is 5.69 Å². The van der Waals surface area contributed by atoms with E-state index in [1.54, 1.807) is 0 Å². The summed E-state index contributed by atoms with van der Waals surface area (Å²) < 4.78 is 1.19. The SMILES string of the molecule is NCc1ccc(N2CC3CCCC3C2)c(Br)c1. The minimum atomic E-state index is 0.615. The minimum absolute atomic E-state index is 0.615. The first-order chi connectivity index (χ1) is 8.28. The van der Waals surface area contributed by atoms with Crippen molar-refractivity contribution < 1.29 is 0 Å². The van der Waals surface area contributed by atoms with Crippen LogP contribution in [0.15, 0.2) is 22.7 Å². The predicted molar refractivity (Wildman–Crippen MR) is 75.1 cm³/mol. The van der Waals surface area contributed by atoms with Crippen LogP contribution in [-0.4, -0.2) is 13.1 Å². The Kier molecular flexibility index (Phi) is 3.14. The smallest absolute Gasteiger partial charge is 0.0511 e. The minimum Gasteiger partial charge on any atom is -0.370 e. The van der Waals surface area contributed by atoms with Crippen LogP contribution < -0.4 is 10.6 Å². The first-order valence-electron chi connectivity index (χ1n) is 6.51. The maximum Gasteiger partial charge on any atom is 0.0511 e. The molecule has 2 atom stereocenters. The highest BCUT2D eigenvalue weighted by molar-refractivity contribution is 9.10. The number of halogens is 1. The van der Waals surface area contributed by atoms with Crippen LogP contribution in [0.3, 0.4) is 0 Å². The summed E-state index contributed by atoms with van der Waals surface area (Å²) in [6.45, 7) is 3.10. The Hall–Kier alpha value is -0.540. The molecule has 0 amide bonds. The molecule has 0 aromatic heterocycles. The monoisotopic (exact) mass is 294 g/mol. The van der Waals surface area contributed by atoms with E-state index in [0.717, 1.165) is 11.8 Å². The molecule has 1 aliphatic carbocycles. The lowest BCUT2D eigenvalue weighted by molar-refractivity contribution is 0.494. The average Bonchev–Trinajstić information content (AvgIpc) is 2.89. The van der Waals surface area contributed by atoms with Gasteiger partial charge in [-0.15, -0.1) is 0 Å². The highest BCUT2D eigenvalue weighted by atomic mass is 79.9. The van der Waals surface area contributed by atoms with E-state index in [4.69, 9.17) is 5.73 Å². The van der Waals surface area contributed by atoms with E-state index in [2.05, 4.69) is 39.0 Å². The molecule has 2 fully saturated rings. The fourth-order valence-electron chi connectivity index (χ4n) is 3.37. The Bertz CT molecular complexity index is 407. The molecule has 0 bridgehead atoms. The molecule has 1 saturated carbocycles. The first kappa shape index (κ1) is 11.5. The largest absolute Gasteiger partial charge is 0.370 e. The molecule has 0 radical (unpaired) electrons. The van der Waals surface area contributed by atoms with Crippen molar-refractivity contribution >= 4 is 21.6 Å². The van der Waals surface area contributed by atoms with Crippen molar-refractivity contribution in [3.05, 3.63) is 28.2 Å². The molecule has 2 aliphatic rings. The molecule has 2 N–H and O–H groups in total. The van der Waals surface area contributed by atoms with Gasteiger partial charge in [0.25, 0.3) is 0 Å². The van der Waals surface area contributed by atoms with Gasteiger partial charge in [-0.25, -0.2) is 0 Å². The lowest BCUT2D eigenvalue weighted by Crippen LogP contribution is -2.21. The molecule has 3 rings (SSSR count). The van der Waals surface area contributed by atoms with Crippen molar-refractivity contribution in [2.24, 2.45) is 17.6 Å².